The van der Waals surface area contributed by atoms with Crippen LogP contribution in [0.15, 0.2) is 17.4 Å². The Morgan fingerprint density at radius 1 is 1.21 bits per heavy atom. The SMILES string of the molecule is CCc1c(C#N)c(SCc2cnn(CC(=O)OC)c2)nc(N2CCC(NC(=O)OC(C)(C)C)CC2)c1C#N. The monoisotopic (exact) mass is 539 g/mol. The van der Waals surface area contributed by atoms with Crippen molar-refractivity contribution >= 4 is 29.6 Å². The summed E-state index contributed by atoms with van der Waals surface area (Å²) in [5, 5.41) is 27.6. The van der Waals surface area contributed by atoms with Crippen LogP contribution in [0.25, 0.3) is 0 Å². The minimum absolute atomic E-state index is 0.0165. The van der Waals surface area contributed by atoms with Crippen LogP contribution in [-0.4, -0.2) is 58.7 Å². The molecule has 12 heteroatoms. The summed E-state index contributed by atoms with van der Waals surface area (Å²) in [6.07, 6.45) is 4.85. The van der Waals surface area contributed by atoms with Crippen molar-refractivity contribution in [3.63, 3.8) is 0 Å². The maximum Gasteiger partial charge on any atom is 0.407 e. The molecule has 1 fully saturated rings. The predicted molar refractivity (Wildman–Crippen MR) is 141 cm³/mol. The summed E-state index contributed by atoms with van der Waals surface area (Å²) in [7, 11) is 1.32. The van der Waals surface area contributed by atoms with Gasteiger partial charge in [-0.3, -0.25) is 9.48 Å². The summed E-state index contributed by atoms with van der Waals surface area (Å²) in [5.41, 5.74) is 1.79. The molecule has 1 N–H and O–H groups in total. The third kappa shape index (κ3) is 7.39. The van der Waals surface area contributed by atoms with E-state index in [9.17, 15) is 20.1 Å². The predicted octanol–water partition coefficient (Wildman–Crippen LogP) is 3.54. The molecular weight excluding hydrogens is 506 g/mol. The number of anilines is 1. The lowest BCUT2D eigenvalue weighted by atomic mass is 10.00. The van der Waals surface area contributed by atoms with Gasteiger partial charge in [-0.2, -0.15) is 15.6 Å². The number of aromatic nitrogens is 3. The molecular formula is C26H33N7O4S. The lowest BCUT2D eigenvalue weighted by Gasteiger charge is -2.34. The van der Waals surface area contributed by atoms with E-state index in [-0.39, 0.29) is 12.6 Å². The number of amides is 1. The van der Waals surface area contributed by atoms with Gasteiger partial charge in [0.15, 0.2) is 0 Å². The number of pyridine rings is 1. The molecule has 2 aromatic heterocycles. The fourth-order valence-corrected chi connectivity index (χ4v) is 5.06. The van der Waals surface area contributed by atoms with Gasteiger partial charge >= 0.3 is 12.1 Å². The van der Waals surface area contributed by atoms with Crippen LogP contribution in [0.3, 0.4) is 0 Å². The summed E-state index contributed by atoms with van der Waals surface area (Å²) in [6, 6.07) is 4.48. The lowest BCUT2D eigenvalue weighted by molar-refractivity contribution is -0.141. The molecule has 1 aliphatic heterocycles. The average Bonchev–Trinajstić information content (AvgIpc) is 3.32. The molecule has 38 heavy (non-hydrogen) atoms. The van der Waals surface area contributed by atoms with Crippen LogP contribution < -0.4 is 10.2 Å². The zero-order valence-electron chi connectivity index (χ0n) is 22.4. The summed E-state index contributed by atoms with van der Waals surface area (Å²) < 4.78 is 11.5. The Morgan fingerprint density at radius 3 is 2.47 bits per heavy atom. The summed E-state index contributed by atoms with van der Waals surface area (Å²) in [4.78, 5) is 30.5. The first-order chi connectivity index (χ1) is 18.1. The average molecular weight is 540 g/mol. The van der Waals surface area contributed by atoms with Gasteiger partial charge in [-0.05, 0) is 45.6 Å². The van der Waals surface area contributed by atoms with Crippen molar-refractivity contribution in [3.8, 4) is 12.1 Å². The van der Waals surface area contributed by atoms with Crippen molar-refractivity contribution in [2.24, 2.45) is 0 Å². The van der Waals surface area contributed by atoms with E-state index < -0.39 is 17.7 Å². The van der Waals surface area contributed by atoms with E-state index in [1.807, 2.05) is 32.6 Å². The van der Waals surface area contributed by atoms with Gasteiger partial charge in [0.05, 0.1) is 24.4 Å². The Kier molecular flexibility index (Phi) is 9.59. The van der Waals surface area contributed by atoms with Crippen molar-refractivity contribution in [3.05, 3.63) is 34.6 Å². The van der Waals surface area contributed by atoms with Crippen LogP contribution in [0.4, 0.5) is 10.6 Å². The van der Waals surface area contributed by atoms with Crippen LogP contribution in [0, 0.1) is 22.7 Å². The highest BCUT2D eigenvalue weighted by Crippen LogP contribution is 2.34. The van der Waals surface area contributed by atoms with Gasteiger partial charge in [0.1, 0.15) is 35.1 Å². The minimum Gasteiger partial charge on any atom is -0.468 e. The maximum absolute atomic E-state index is 12.2. The molecule has 0 bridgehead atoms. The number of hydrogen-bond donors (Lipinski definition) is 1. The first kappa shape index (κ1) is 28.8. The Hall–Kier alpha value is -3.77. The van der Waals surface area contributed by atoms with Crippen LogP contribution in [-0.2, 0) is 33.0 Å². The van der Waals surface area contributed by atoms with Gasteiger partial charge in [-0.15, -0.1) is 11.8 Å². The number of ether oxygens (including phenoxy) is 2. The topological polar surface area (TPSA) is 146 Å². The molecule has 0 atom stereocenters. The number of esters is 1. The quantitative estimate of drug-likeness (QED) is 0.390. The van der Waals surface area contributed by atoms with Crippen LogP contribution >= 0.6 is 11.8 Å². The van der Waals surface area contributed by atoms with E-state index in [2.05, 4.69) is 27.3 Å². The molecule has 0 saturated carbocycles. The number of nitrogens with zero attached hydrogens (tertiary/aromatic N) is 6. The Balaban J connectivity index is 1.78. The number of nitrogens with one attached hydrogen (secondary N) is 1. The first-order valence-electron chi connectivity index (χ1n) is 12.4. The van der Waals surface area contributed by atoms with E-state index in [4.69, 9.17) is 9.72 Å². The Labute approximate surface area is 227 Å². The Morgan fingerprint density at radius 2 is 1.89 bits per heavy atom. The van der Waals surface area contributed by atoms with E-state index in [1.165, 1.54) is 23.6 Å². The van der Waals surface area contributed by atoms with Crippen molar-refractivity contribution in [1.82, 2.24) is 20.1 Å². The molecule has 0 aromatic carbocycles. The van der Waals surface area contributed by atoms with Gasteiger partial charge in [-0.25, -0.2) is 9.78 Å². The molecule has 11 nitrogen and oxygen atoms in total. The van der Waals surface area contributed by atoms with E-state index in [1.54, 1.807) is 12.4 Å². The first-order valence-corrected chi connectivity index (χ1v) is 13.4. The maximum atomic E-state index is 12.2. The highest BCUT2D eigenvalue weighted by Gasteiger charge is 2.28. The number of rotatable bonds is 8. The third-order valence-electron chi connectivity index (χ3n) is 5.92. The third-order valence-corrected chi connectivity index (χ3v) is 6.97. The largest absolute Gasteiger partial charge is 0.468 e. The molecule has 1 amide bonds. The summed E-state index contributed by atoms with van der Waals surface area (Å²) in [6.45, 7) is 8.61. The molecule has 202 valence electrons. The zero-order chi connectivity index (χ0) is 27.9. The number of carbonyl (C=O) groups excluding carboxylic acids is 2. The number of nitriles is 2. The smallest absolute Gasteiger partial charge is 0.407 e. The number of carbonyl (C=O) groups is 2. The number of thioether (sulfide) groups is 1. The number of piperidine rings is 1. The van der Waals surface area contributed by atoms with Crippen LogP contribution in [0.1, 0.15) is 62.8 Å². The van der Waals surface area contributed by atoms with Gasteiger partial charge in [0.25, 0.3) is 0 Å². The zero-order valence-corrected chi connectivity index (χ0v) is 23.2. The fraction of sp³-hybridized carbons (Fsp3) is 0.538. The number of alkyl carbamates (subject to hydrolysis) is 1. The van der Waals surface area contributed by atoms with Gasteiger partial charge in [-0.1, -0.05) is 6.92 Å². The second kappa shape index (κ2) is 12.7. The molecule has 1 aliphatic rings. The van der Waals surface area contributed by atoms with E-state index in [0.717, 1.165) is 5.56 Å². The number of methoxy groups -OCH3 is 1. The van der Waals surface area contributed by atoms with E-state index >= 15 is 0 Å². The van der Waals surface area contributed by atoms with Crippen molar-refractivity contribution in [2.45, 2.75) is 75.9 Å². The molecule has 0 spiro atoms. The van der Waals surface area contributed by atoms with Crippen LogP contribution in [0.2, 0.25) is 0 Å². The van der Waals surface area contributed by atoms with Gasteiger partial charge < -0.3 is 19.7 Å². The van der Waals surface area contributed by atoms with Crippen molar-refractivity contribution in [2.75, 3.05) is 25.1 Å². The van der Waals surface area contributed by atoms with Crippen molar-refractivity contribution < 1.29 is 19.1 Å². The molecule has 0 unspecified atom stereocenters. The lowest BCUT2D eigenvalue weighted by Crippen LogP contribution is -2.46. The minimum atomic E-state index is -0.566. The van der Waals surface area contributed by atoms with Gasteiger partial charge in [0.2, 0.25) is 0 Å². The fourth-order valence-electron chi connectivity index (χ4n) is 4.14. The highest BCUT2D eigenvalue weighted by molar-refractivity contribution is 7.98. The molecule has 3 heterocycles. The van der Waals surface area contributed by atoms with Gasteiger partial charge in [0, 0.05) is 36.6 Å². The number of hydrogen-bond acceptors (Lipinski definition) is 10. The molecule has 0 aliphatic carbocycles. The second-order valence-electron chi connectivity index (χ2n) is 9.86. The standard InChI is InChI=1S/C26H33N7O4S/c1-6-19-20(11-27)23(32-9-7-18(8-10-32)30-25(35)37-26(2,3)4)31-24(21(19)12-28)38-16-17-13-29-33(14-17)15-22(34)36-5/h13-14,18H,6-10,15-16H2,1-5H3,(H,30,35). The van der Waals surface area contributed by atoms with E-state index in [0.29, 0.717) is 65.6 Å². The Bertz CT molecular complexity index is 1250. The summed E-state index contributed by atoms with van der Waals surface area (Å²) >= 11 is 1.39. The molecule has 1 saturated heterocycles. The normalized spacial score (nSPS) is 13.9. The molecule has 0 radical (unpaired) electrons. The molecule has 3 rings (SSSR count). The molecule has 2 aromatic rings. The van der Waals surface area contributed by atoms with Crippen molar-refractivity contribution in [1.29, 1.82) is 10.5 Å². The van der Waals surface area contributed by atoms with Crippen LogP contribution in [0.5, 0.6) is 0 Å². The highest BCUT2D eigenvalue weighted by atomic mass is 32.2. The summed E-state index contributed by atoms with van der Waals surface area (Å²) in [5.74, 6) is 0.650. The second-order valence-corrected chi connectivity index (χ2v) is 10.8.